The molecule has 0 radical (unpaired) electrons. The molecular formula is C13H15NO. The van der Waals surface area contributed by atoms with Crippen molar-refractivity contribution in [1.82, 2.24) is 0 Å². The topological polar surface area (TPSA) is 29.1 Å². The lowest BCUT2D eigenvalue weighted by Crippen LogP contribution is -2.31. The van der Waals surface area contributed by atoms with E-state index in [4.69, 9.17) is 0 Å². The zero-order valence-corrected chi connectivity index (χ0v) is 8.97. The van der Waals surface area contributed by atoms with Crippen LogP contribution in [0.4, 0.5) is 5.69 Å². The van der Waals surface area contributed by atoms with E-state index in [0.29, 0.717) is 5.78 Å². The monoisotopic (exact) mass is 201 g/mol. The molecule has 15 heavy (non-hydrogen) atoms. The quantitative estimate of drug-likeness (QED) is 0.756. The van der Waals surface area contributed by atoms with E-state index in [9.17, 15) is 4.79 Å². The summed E-state index contributed by atoms with van der Waals surface area (Å²) < 4.78 is 0. The summed E-state index contributed by atoms with van der Waals surface area (Å²) in [5.41, 5.74) is 3.16. The molecule has 78 valence electrons. The first-order valence-corrected chi connectivity index (χ1v) is 5.67. The fraction of sp³-hybridized carbons (Fsp3) is 0.462. The highest BCUT2D eigenvalue weighted by Crippen LogP contribution is 2.51. The first-order valence-electron chi connectivity index (χ1n) is 5.67. The Morgan fingerprint density at radius 2 is 2.20 bits per heavy atom. The minimum Gasteiger partial charge on any atom is -0.383 e. The minimum atomic E-state index is -0.0284. The lowest BCUT2D eigenvalue weighted by atomic mass is 9.88. The van der Waals surface area contributed by atoms with Crippen molar-refractivity contribution in [2.75, 3.05) is 11.9 Å². The van der Waals surface area contributed by atoms with Gasteiger partial charge in [-0.15, -0.1) is 0 Å². The molecule has 2 aliphatic rings. The molecule has 1 aromatic carbocycles. The second kappa shape index (κ2) is 2.84. The number of hydrogen-bond donors (Lipinski definition) is 1. The van der Waals surface area contributed by atoms with Gasteiger partial charge in [0.05, 0.1) is 5.41 Å². The fourth-order valence-electron chi connectivity index (χ4n) is 2.34. The summed E-state index contributed by atoms with van der Waals surface area (Å²) in [7, 11) is 0. The smallest absolute Gasteiger partial charge is 0.172 e. The van der Waals surface area contributed by atoms with Crippen LogP contribution < -0.4 is 5.32 Å². The molecule has 0 aromatic heterocycles. The lowest BCUT2D eigenvalue weighted by Gasteiger charge is -2.25. The third kappa shape index (κ3) is 1.21. The molecule has 0 bridgehead atoms. The molecule has 1 heterocycles. The number of aryl methyl sites for hydroxylation is 1. The summed E-state index contributed by atoms with van der Waals surface area (Å²) in [4.78, 5) is 12.2. The van der Waals surface area contributed by atoms with Gasteiger partial charge in [0, 0.05) is 17.8 Å². The number of benzene rings is 1. The second-order valence-electron chi connectivity index (χ2n) is 4.70. The maximum absolute atomic E-state index is 12.2. The number of rotatable bonds is 1. The van der Waals surface area contributed by atoms with Gasteiger partial charge in [-0.05, 0) is 37.0 Å². The summed E-state index contributed by atoms with van der Waals surface area (Å²) >= 11 is 0. The van der Waals surface area contributed by atoms with Crippen LogP contribution in [0.15, 0.2) is 18.2 Å². The van der Waals surface area contributed by atoms with Crippen LogP contribution in [-0.2, 0) is 6.42 Å². The van der Waals surface area contributed by atoms with Crippen LogP contribution in [0.1, 0.15) is 35.7 Å². The van der Waals surface area contributed by atoms with E-state index < -0.39 is 0 Å². The van der Waals surface area contributed by atoms with Crippen LogP contribution in [0.2, 0.25) is 0 Å². The molecule has 1 aliphatic heterocycles. The maximum atomic E-state index is 12.2. The molecular weight excluding hydrogens is 186 g/mol. The van der Waals surface area contributed by atoms with Crippen molar-refractivity contribution in [3.63, 3.8) is 0 Å². The minimum absolute atomic E-state index is 0.0284. The highest BCUT2D eigenvalue weighted by molar-refractivity contribution is 6.08. The van der Waals surface area contributed by atoms with Crippen LogP contribution in [0.25, 0.3) is 0 Å². The second-order valence-corrected chi connectivity index (χ2v) is 4.70. The molecule has 1 aliphatic carbocycles. The first kappa shape index (κ1) is 8.96. The predicted molar refractivity (Wildman–Crippen MR) is 60.3 cm³/mol. The van der Waals surface area contributed by atoms with Gasteiger partial charge >= 0.3 is 0 Å². The molecule has 1 spiro atoms. The summed E-state index contributed by atoms with van der Waals surface area (Å²) in [5.74, 6) is 0.367. The molecule has 2 nitrogen and oxygen atoms in total. The van der Waals surface area contributed by atoms with Crippen LogP contribution in [0.3, 0.4) is 0 Å². The average Bonchev–Trinajstić information content (AvgIpc) is 3.05. The molecule has 1 aromatic rings. The fourth-order valence-corrected chi connectivity index (χ4v) is 2.34. The van der Waals surface area contributed by atoms with Crippen LogP contribution in [-0.4, -0.2) is 12.3 Å². The van der Waals surface area contributed by atoms with Gasteiger partial charge in [-0.2, -0.15) is 0 Å². The highest BCUT2D eigenvalue weighted by atomic mass is 16.1. The summed E-state index contributed by atoms with van der Waals surface area (Å²) in [6.07, 6.45) is 3.12. The Balaban J connectivity index is 2.08. The molecule has 2 heteroatoms. The number of carbonyl (C=O) groups is 1. The molecule has 1 saturated carbocycles. The van der Waals surface area contributed by atoms with Crippen LogP contribution in [0.5, 0.6) is 0 Å². The number of nitrogens with one attached hydrogen (secondary N) is 1. The van der Waals surface area contributed by atoms with Crippen molar-refractivity contribution in [3.8, 4) is 0 Å². The standard InChI is InChI=1S/C13H15NO/c1-2-9-3-4-11-10(7-9)12(15)13(5-6-13)8-14-11/h3-4,7,14H,2,5-6,8H2,1H3. The van der Waals surface area contributed by atoms with Gasteiger partial charge in [0.25, 0.3) is 0 Å². The van der Waals surface area contributed by atoms with E-state index in [2.05, 4.69) is 24.4 Å². The number of fused-ring (bicyclic) bond motifs is 1. The molecule has 0 atom stereocenters. The van der Waals surface area contributed by atoms with Crippen LogP contribution >= 0.6 is 0 Å². The SMILES string of the molecule is CCc1ccc2c(c1)C(=O)C1(CC1)CN2. The van der Waals surface area contributed by atoms with E-state index in [-0.39, 0.29) is 5.41 Å². The summed E-state index contributed by atoms with van der Waals surface area (Å²) in [6, 6.07) is 6.20. The van der Waals surface area contributed by atoms with Crippen LogP contribution in [0, 0.1) is 5.41 Å². The van der Waals surface area contributed by atoms with E-state index in [1.165, 1.54) is 5.56 Å². The van der Waals surface area contributed by atoms with Crippen molar-refractivity contribution < 1.29 is 4.79 Å². The van der Waals surface area contributed by atoms with Crippen molar-refractivity contribution >= 4 is 11.5 Å². The predicted octanol–water partition coefficient (Wildman–Crippen LogP) is 2.64. The number of Topliss-reactive ketones (excluding diaryl/α,β-unsaturated/α-hetero) is 1. The van der Waals surface area contributed by atoms with E-state index in [0.717, 1.165) is 37.1 Å². The zero-order valence-electron chi connectivity index (χ0n) is 8.97. The largest absolute Gasteiger partial charge is 0.383 e. The summed E-state index contributed by atoms with van der Waals surface area (Å²) in [5, 5.41) is 3.38. The summed E-state index contributed by atoms with van der Waals surface area (Å²) in [6.45, 7) is 2.96. The van der Waals surface area contributed by atoms with Crippen molar-refractivity contribution in [3.05, 3.63) is 29.3 Å². The number of anilines is 1. The molecule has 1 N–H and O–H groups in total. The Bertz CT molecular complexity index is 432. The Labute approximate surface area is 89.7 Å². The normalized spacial score (nSPS) is 21.0. The molecule has 1 fully saturated rings. The Morgan fingerprint density at radius 1 is 1.40 bits per heavy atom. The van der Waals surface area contributed by atoms with Gasteiger partial charge in [-0.25, -0.2) is 0 Å². The average molecular weight is 201 g/mol. The van der Waals surface area contributed by atoms with Gasteiger partial charge in [-0.1, -0.05) is 13.0 Å². The van der Waals surface area contributed by atoms with Gasteiger partial charge in [-0.3, -0.25) is 4.79 Å². The number of carbonyl (C=O) groups excluding carboxylic acids is 1. The van der Waals surface area contributed by atoms with Crippen molar-refractivity contribution in [2.45, 2.75) is 26.2 Å². The molecule has 3 rings (SSSR count). The Kier molecular flexibility index (Phi) is 1.70. The third-order valence-electron chi connectivity index (χ3n) is 3.69. The van der Waals surface area contributed by atoms with Gasteiger partial charge in [0.2, 0.25) is 0 Å². The van der Waals surface area contributed by atoms with E-state index in [1.807, 2.05) is 6.07 Å². The van der Waals surface area contributed by atoms with E-state index >= 15 is 0 Å². The molecule has 0 amide bonds. The first-order chi connectivity index (χ1) is 7.25. The maximum Gasteiger partial charge on any atom is 0.172 e. The van der Waals surface area contributed by atoms with Gasteiger partial charge in [0.1, 0.15) is 0 Å². The van der Waals surface area contributed by atoms with Gasteiger partial charge in [0.15, 0.2) is 5.78 Å². The lowest BCUT2D eigenvalue weighted by molar-refractivity contribution is 0.0903. The third-order valence-corrected chi connectivity index (χ3v) is 3.69. The van der Waals surface area contributed by atoms with Gasteiger partial charge < -0.3 is 5.32 Å². The molecule has 0 saturated heterocycles. The Hall–Kier alpha value is -1.31. The zero-order chi connectivity index (χ0) is 10.5. The Morgan fingerprint density at radius 3 is 2.87 bits per heavy atom. The van der Waals surface area contributed by atoms with E-state index in [1.54, 1.807) is 0 Å². The van der Waals surface area contributed by atoms with Crippen molar-refractivity contribution in [2.24, 2.45) is 5.41 Å². The highest BCUT2D eigenvalue weighted by Gasteiger charge is 2.52. The van der Waals surface area contributed by atoms with Crippen molar-refractivity contribution in [1.29, 1.82) is 0 Å². The number of ketones is 1. The number of hydrogen-bond acceptors (Lipinski definition) is 2. The molecule has 0 unspecified atom stereocenters.